The number of β-amino-alcohol motifs (C(OH)–C–C–N with tert-alkyl or cyclic N) is 1. The van der Waals surface area contributed by atoms with Crippen LogP contribution < -0.4 is 16.4 Å². The van der Waals surface area contributed by atoms with E-state index in [2.05, 4.69) is 31.7 Å². The second-order valence-electron chi connectivity index (χ2n) is 5.47. The first-order valence-electron chi connectivity index (χ1n) is 6.54. The Morgan fingerprint density at radius 2 is 2.48 bits per heavy atom. The van der Waals surface area contributed by atoms with Gasteiger partial charge in [-0.05, 0) is 28.9 Å². The SMILES string of the molecule is CC1(Nc2c(C(N)=O)cnn3cc(Br)cc23)CNCC1O. The lowest BCUT2D eigenvalue weighted by Gasteiger charge is -2.30. The van der Waals surface area contributed by atoms with Crippen LogP contribution in [0.4, 0.5) is 5.69 Å². The summed E-state index contributed by atoms with van der Waals surface area (Å²) in [7, 11) is 0. The third-order valence-electron chi connectivity index (χ3n) is 3.85. The number of aliphatic hydroxyl groups is 1. The van der Waals surface area contributed by atoms with E-state index in [1.54, 1.807) is 10.7 Å². The molecule has 1 fully saturated rings. The molecule has 0 spiro atoms. The third kappa shape index (κ3) is 2.39. The molecule has 21 heavy (non-hydrogen) atoms. The molecule has 1 amide bonds. The van der Waals surface area contributed by atoms with Crippen LogP contribution in [0.25, 0.3) is 5.52 Å². The molecule has 112 valence electrons. The summed E-state index contributed by atoms with van der Waals surface area (Å²) >= 11 is 3.39. The maximum Gasteiger partial charge on any atom is 0.252 e. The smallest absolute Gasteiger partial charge is 0.252 e. The Hall–Kier alpha value is -1.64. The second-order valence-corrected chi connectivity index (χ2v) is 6.39. The monoisotopic (exact) mass is 353 g/mol. The van der Waals surface area contributed by atoms with Crippen LogP contribution in [0.3, 0.4) is 0 Å². The fourth-order valence-electron chi connectivity index (χ4n) is 2.57. The summed E-state index contributed by atoms with van der Waals surface area (Å²) in [5, 5.41) is 20.7. The van der Waals surface area contributed by atoms with Gasteiger partial charge in [-0.15, -0.1) is 0 Å². The highest BCUT2D eigenvalue weighted by Crippen LogP contribution is 2.30. The fraction of sp³-hybridized carbons (Fsp3) is 0.385. The minimum absolute atomic E-state index is 0.299. The molecule has 0 aromatic carbocycles. The van der Waals surface area contributed by atoms with Crippen molar-refractivity contribution in [3.63, 3.8) is 0 Å². The van der Waals surface area contributed by atoms with E-state index in [-0.39, 0.29) is 0 Å². The molecule has 0 saturated carbocycles. The van der Waals surface area contributed by atoms with Gasteiger partial charge in [-0.1, -0.05) is 0 Å². The van der Waals surface area contributed by atoms with Gasteiger partial charge in [0.1, 0.15) is 0 Å². The average Bonchev–Trinajstić information content (AvgIpc) is 2.93. The molecular formula is C13H16BrN5O2. The van der Waals surface area contributed by atoms with Gasteiger partial charge in [0.25, 0.3) is 5.91 Å². The number of hydrogen-bond acceptors (Lipinski definition) is 5. The first kappa shape index (κ1) is 14.3. The van der Waals surface area contributed by atoms with Crippen LogP contribution in [0.15, 0.2) is 22.9 Å². The van der Waals surface area contributed by atoms with E-state index in [0.29, 0.717) is 24.3 Å². The van der Waals surface area contributed by atoms with E-state index >= 15 is 0 Å². The molecule has 5 N–H and O–H groups in total. The highest BCUT2D eigenvalue weighted by molar-refractivity contribution is 9.10. The van der Waals surface area contributed by atoms with Crippen LogP contribution >= 0.6 is 15.9 Å². The zero-order chi connectivity index (χ0) is 15.2. The number of nitrogens with one attached hydrogen (secondary N) is 2. The molecule has 1 aliphatic rings. The maximum absolute atomic E-state index is 11.7. The maximum atomic E-state index is 11.7. The van der Waals surface area contributed by atoms with Crippen LogP contribution in [-0.4, -0.2) is 45.4 Å². The Morgan fingerprint density at radius 1 is 1.71 bits per heavy atom. The number of halogens is 1. The number of anilines is 1. The molecule has 3 rings (SSSR count). The molecule has 8 heteroatoms. The Balaban J connectivity index is 2.14. The number of rotatable bonds is 3. The largest absolute Gasteiger partial charge is 0.389 e. The van der Waals surface area contributed by atoms with Crippen molar-refractivity contribution in [1.82, 2.24) is 14.9 Å². The quantitative estimate of drug-likeness (QED) is 0.636. The molecule has 1 aliphatic heterocycles. The molecule has 2 unspecified atom stereocenters. The molecule has 2 aromatic rings. The van der Waals surface area contributed by atoms with E-state index in [0.717, 1.165) is 9.99 Å². The van der Waals surface area contributed by atoms with Crippen LogP contribution in [0, 0.1) is 0 Å². The summed E-state index contributed by atoms with van der Waals surface area (Å²) in [5.41, 5.74) is 6.46. The van der Waals surface area contributed by atoms with Crippen molar-refractivity contribution >= 4 is 33.0 Å². The van der Waals surface area contributed by atoms with Gasteiger partial charge in [-0.2, -0.15) is 5.10 Å². The van der Waals surface area contributed by atoms with Gasteiger partial charge >= 0.3 is 0 Å². The Bertz CT molecular complexity index is 716. The number of nitrogens with two attached hydrogens (primary N) is 1. The molecule has 2 aromatic heterocycles. The van der Waals surface area contributed by atoms with Crippen molar-refractivity contribution < 1.29 is 9.90 Å². The van der Waals surface area contributed by atoms with Gasteiger partial charge in [0, 0.05) is 23.8 Å². The lowest BCUT2D eigenvalue weighted by molar-refractivity contribution is 0.1000. The standard InChI is InChI=1S/C13H16BrN5O2/c1-13(6-16-4-10(13)20)18-11-8(12(15)21)3-17-19-5-7(14)2-9(11)19/h2-3,5,10,16,18,20H,4,6H2,1H3,(H2,15,21). The molecule has 0 bridgehead atoms. The Kier molecular flexibility index (Phi) is 3.39. The second kappa shape index (κ2) is 4.97. The van der Waals surface area contributed by atoms with Gasteiger partial charge in [0.15, 0.2) is 0 Å². The highest BCUT2D eigenvalue weighted by atomic mass is 79.9. The molecule has 0 aliphatic carbocycles. The summed E-state index contributed by atoms with van der Waals surface area (Å²) in [6.07, 6.45) is 2.66. The predicted molar refractivity (Wildman–Crippen MR) is 82.3 cm³/mol. The van der Waals surface area contributed by atoms with Crippen molar-refractivity contribution in [2.24, 2.45) is 5.73 Å². The van der Waals surface area contributed by atoms with E-state index < -0.39 is 17.6 Å². The fourth-order valence-corrected chi connectivity index (χ4v) is 2.98. The zero-order valence-electron chi connectivity index (χ0n) is 11.4. The van der Waals surface area contributed by atoms with E-state index in [9.17, 15) is 9.90 Å². The average molecular weight is 354 g/mol. The van der Waals surface area contributed by atoms with Crippen LogP contribution in [0.1, 0.15) is 17.3 Å². The molecule has 1 saturated heterocycles. The van der Waals surface area contributed by atoms with Crippen LogP contribution in [0.5, 0.6) is 0 Å². The van der Waals surface area contributed by atoms with E-state index in [4.69, 9.17) is 5.73 Å². The molecule has 3 heterocycles. The number of amides is 1. The summed E-state index contributed by atoms with van der Waals surface area (Å²) in [6.45, 7) is 2.99. The minimum Gasteiger partial charge on any atom is -0.389 e. The van der Waals surface area contributed by atoms with Gasteiger partial charge < -0.3 is 21.5 Å². The first-order chi connectivity index (χ1) is 9.90. The molecule has 2 atom stereocenters. The Labute approximate surface area is 129 Å². The van der Waals surface area contributed by atoms with Gasteiger partial charge in [-0.3, -0.25) is 4.79 Å². The number of carbonyl (C=O) groups excluding carboxylic acids is 1. The lowest BCUT2D eigenvalue weighted by Crippen LogP contribution is -2.46. The van der Waals surface area contributed by atoms with Crippen molar-refractivity contribution in [1.29, 1.82) is 0 Å². The predicted octanol–water partition coefficient (Wildman–Crippen LogP) is 0.330. The summed E-state index contributed by atoms with van der Waals surface area (Å²) in [4.78, 5) is 11.7. The number of aromatic nitrogens is 2. The summed E-state index contributed by atoms with van der Waals surface area (Å²) in [6, 6.07) is 1.85. The van der Waals surface area contributed by atoms with Crippen LogP contribution in [0.2, 0.25) is 0 Å². The Morgan fingerprint density at radius 3 is 3.10 bits per heavy atom. The molecular weight excluding hydrogens is 338 g/mol. The number of fused-ring (bicyclic) bond motifs is 1. The van der Waals surface area contributed by atoms with Crippen molar-refractivity contribution in [3.8, 4) is 0 Å². The van der Waals surface area contributed by atoms with Gasteiger partial charge in [0.2, 0.25) is 0 Å². The van der Waals surface area contributed by atoms with Crippen LogP contribution in [-0.2, 0) is 0 Å². The number of nitrogens with zero attached hydrogens (tertiary/aromatic N) is 2. The van der Waals surface area contributed by atoms with Gasteiger partial charge in [-0.25, -0.2) is 4.52 Å². The third-order valence-corrected chi connectivity index (χ3v) is 4.28. The number of carbonyl (C=O) groups is 1. The zero-order valence-corrected chi connectivity index (χ0v) is 13.0. The number of hydrogen-bond donors (Lipinski definition) is 4. The van der Waals surface area contributed by atoms with Crippen molar-refractivity contribution in [3.05, 3.63) is 28.5 Å². The normalized spacial score (nSPS) is 25.4. The van der Waals surface area contributed by atoms with E-state index in [1.807, 2.05) is 13.0 Å². The minimum atomic E-state index is -0.581. The number of primary amides is 1. The van der Waals surface area contributed by atoms with Crippen molar-refractivity contribution in [2.75, 3.05) is 18.4 Å². The molecule has 0 radical (unpaired) electrons. The topological polar surface area (TPSA) is 105 Å². The van der Waals surface area contributed by atoms with Crippen molar-refractivity contribution in [2.45, 2.75) is 18.6 Å². The summed E-state index contributed by atoms with van der Waals surface area (Å²) < 4.78 is 2.49. The lowest BCUT2D eigenvalue weighted by atomic mass is 9.97. The van der Waals surface area contributed by atoms with E-state index in [1.165, 1.54) is 6.20 Å². The molecule has 7 nitrogen and oxygen atoms in total. The summed E-state index contributed by atoms with van der Waals surface area (Å²) in [5.74, 6) is -0.561. The highest BCUT2D eigenvalue weighted by Gasteiger charge is 2.38. The first-order valence-corrected chi connectivity index (χ1v) is 7.34. The van der Waals surface area contributed by atoms with Gasteiger partial charge in [0.05, 0.1) is 34.6 Å². The number of aliphatic hydroxyl groups excluding tert-OH is 1.